The number of benzene rings is 6. The smallest absolute Gasteiger partial charge is 0.161 e. The van der Waals surface area contributed by atoms with Crippen molar-refractivity contribution in [2.45, 2.75) is 253 Å². The molecule has 0 amide bonds. The van der Waals surface area contributed by atoms with Crippen molar-refractivity contribution in [3.63, 3.8) is 0 Å². The van der Waals surface area contributed by atoms with E-state index >= 15 is 0 Å². The average molecular weight is 2020 g/mol. The highest BCUT2D eigenvalue weighted by Gasteiger charge is 2.47. The number of aryl methyl sites for hydroxylation is 1. The van der Waals surface area contributed by atoms with Crippen molar-refractivity contribution in [2.75, 3.05) is 163 Å². The number of hydrogen-bond donors (Lipinski definition) is 0. The zero-order valence-corrected chi connectivity index (χ0v) is 81.2. The Morgan fingerprint density at radius 2 is 0.667 bits per heavy atom. The molecule has 6 fully saturated rings. The average Bonchev–Trinajstić information content (AvgIpc) is 0.634. The molecule has 12 aliphatic rings. The zero-order valence-electron chi connectivity index (χ0n) is 151. The maximum atomic E-state index is 14.1. The third kappa shape index (κ3) is 25.6. The zero-order chi connectivity index (χ0) is 162. The van der Waals surface area contributed by atoms with Crippen LogP contribution < -0.4 is 56.8 Å². The Hall–Kier alpha value is -9.30. The van der Waals surface area contributed by atoms with E-state index in [-0.39, 0.29) is 230 Å². The van der Waals surface area contributed by atoms with Gasteiger partial charge in [0.1, 0.15) is 34.7 Å². The number of methoxy groups -OCH3 is 12. The number of rotatable bonds is 27. The summed E-state index contributed by atoms with van der Waals surface area (Å²) in [4.78, 5) is 87.6. The molecule has 0 aromatic heterocycles. The standard InChI is InChI=1S/3C20H29NO3.3C19H27NO3/c3*1-5-13(2)8-15-12-21-7-6-14-9-19(23-3)20(24-4)10-16(14)17(21)11-18(15)22;3*1-12(2)7-14-11-20-6-5-13-8-18(22-3)19(23-4)9-15(13)16(20)10-17(14)21/h3*9-10,13,15,17H,5-8,11-12H2,1-4H3;3*8-9,12,14,16H,5-7,10-11H2,1-4H3/i2D3,3D3,5D2,6D2,7D2,8D2,11D2,12D2,13D,15D,17D;2D3,3D3,5D2,8D2,9D,10D,11D2,13D,15D;2D3,3D3,5D2,8D2,9D,10D,13D;3D3,8D,9D,10D2,14D;3D3,8D,9D,11D2;3D3,8D,9D. The third-order valence-electron chi connectivity index (χ3n) is 25.6. The summed E-state index contributed by atoms with van der Waals surface area (Å²) in [6.07, 6.45) is -31.9. The van der Waals surface area contributed by atoms with Gasteiger partial charge in [0.25, 0.3) is 0 Å². The van der Waals surface area contributed by atoms with Gasteiger partial charge in [-0.05, 0) is 252 Å². The first-order valence-electron chi connectivity index (χ1n) is 80.9. The first kappa shape index (κ1) is 49.3. The lowest BCUT2D eigenvalue weighted by Gasteiger charge is -2.43. The minimum atomic E-state index is -4.57. The molecular weight excluding hydrogens is 1780 g/mol. The molecule has 15 atom stereocenters. The quantitative estimate of drug-likeness (QED) is 0.0466. The number of nitrogens with zero attached hydrogens (tertiary/aromatic N) is 6. The largest absolute Gasteiger partial charge is 0.493 e. The van der Waals surface area contributed by atoms with Crippen molar-refractivity contribution < 1.29 is 182 Å². The van der Waals surface area contributed by atoms with Gasteiger partial charge in [0.2, 0.25) is 0 Å². The molecule has 141 heavy (non-hydrogen) atoms. The van der Waals surface area contributed by atoms with Gasteiger partial charge in [-0.25, -0.2) is 0 Å². The number of carbonyl (C=O) groups excluding carboxylic acids is 6. The predicted octanol–water partition coefficient (Wildman–Crippen LogP) is 20.6. The van der Waals surface area contributed by atoms with Crippen molar-refractivity contribution in [2.24, 2.45) is 70.9 Å². The molecule has 0 N–H and O–H groups in total. The number of carbonyl (C=O) groups is 6. The van der Waals surface area contributed by atoms with E-state index in [1.165, 1.54) is 28.4 Å². The van der Waals surface area contributed by atoms with Crippen LogP contribution in [-0.4, -0.2) is 227 Å². The lowest BCUT2D eigenvalue weighted by atomic mass is 9.79. The summed E-state index contributed by atoms with van der Waals surface area (Å²) < 4.78 is 632. The molecule has 0 saturated carbocycles. The monoisotopic (exact) mass is 2020 g/mol. The van der Waals surface area contributed by atoms with E-state index in [1.54, 1.807) is 14.7 Å². The van der Waals surface area contributed by atoms with Gasteiger partial charge in [-0.2, -0.15) is 0 Å². The molecule has 18 rings (SSSR count). The summed E-state index contributed by atoms with van der Waals surface area (Å²) in [5.74, 6) is -32.9. The molecule has 15 unspecified atom stereocenters. The molecular formula is C117H168N6O18. The van der Waals surface area contributed by atoms with E-state index in [9.17, 15) is 30.1 Å². The highest BCUT2D eigenvalue weighted by molar-refractivity contribution is 5.86. The second kappa shape index (κ2) is 50.0. The third-order valence-corrected chi connectivity index (χ3v) is 25.6. The van der Waals surface area contributed by atoms with E-state index in [0.717, 1.165) is 32.5 Å². The van der Waals surface area contributed by atoms with E-state index < -0.39 is 316 Å². The molecule has 6 aromatic carbocycles. The second-order valence-electron chi connectivity index (χ2n) is 35.9. The maximum Gasteiger partial charge on any atom is 0.161 e. The fourth-order valence-corrected chi connectivity index (χ4v) is 18.8. The molecule has 12 aliphatic heterocycles. The summed E-state index contributed by atoms with van der Waals surface area (Å²) in [6.45, 7) is -7.21. The number of Topliss-reactive ketones (excluding diaryl/α,β-unsaturated/α-hetero) is 6. The number of ketones is 6. The lowest BCUT2D eigenvalue weighted by molar-refractivity contribution is -0.130. The summed E-state index contributed by atoms with van der Waals surface area (Å²) in [5, 5.41) is 0. The molecule has 24 heteroatoms. The van der Waals surface area contributed by atoms with Crippen molar-refractivity contribution in [3.8, 4) is 69.0 Å². The molecule has 6 saturated heterocycles. The number of hydrogen-bond acceptors (Lipinski definition) is 24. The van der Waals surface area contributed by atoms with Crippen LogP contribution in [0.4, 0.5) is 0 Å². The normalized spacial score (nSPS) is 38.6. The molecule has 0 bridgehead atoms. The number of ether oxygens (including phenoxy) is 12. The Labute approximate surface area is 940 Å². The lowest BCUT2D eigenvalue weighted by Crippen LogP contribution is -2.46. The second-order valence-corrected chi connectivity index (χ2v) is 35.9. The molecule has 12 heterocycles. The van der Waals surface area contributed by atoms with Gasteiger partial charge in [-0.3, -0.25) is 58.2 Å². The van der Waals surface area contributed by atoms with Gasteiger partial charge in [-0.1, -0.05) is 102 Å². The van der Waals surface area contributed by atoms with Crippen LogP contribution in [0.25, 0.3) is 0 Å². The fraction of sp³-hybridized carbons (Fsp3) is 0.641. The van der Waals surface area contributed by atoms with Crippen molar-refractivity contribution in [3.05, 3.63) is 139 Å². The summed E-state index contributed by atoms with van der Waals surface area (Å²) >= 11 is 0. The minimum Gasteiger partial charge on any atom is -0.493 e. The van der Waals surface area contributed by atoms with Crippen LogP contribution in [0.2, 0.25) is 0 Å². The Morgan fingerprint density at radius 3 is 1.07 bits per heavy atom. The predicted molar refractivity (Wildman–Crippen MR) is 555 cm³/mol. The Bertz CT molecular complexity index is 8690. The van der Waals surface area contributed by atoms with E-state index in [4.69, 9.17) is 151 Å². The van der Waals surface area contributed by atoms with Crippen LogP contribution in [0.5, 0.6) is 69.0 Å². The summed E-state index contributed by atoms with van der Waals surface area (Å²) in [7, 11) is -10.5. The molecule has 0 aliphatic carbocycles. The van der Waals surface area contributed by atoms with Crippen molar-refractivity contribution >= 4 is 34.7 Å². The molecule has 24 nitrogen and oxygen atoms in total. The Kier molecular flexibility index (Phi) is 17.5. The highest BCUT2D eigenvalue weighted by atomic mass is 16.5. The first-order valence-corrected chi connectivity index (χ1v) is 45.9. The van der Waals surface area contributed by atoms with Crippen LogP contribution in [0.15, 0.2) is 72.6 Å². The van der Waals surface area contributed by atoms with Gasteiger partial charge in [-0.15, -0.1) is 0 Å². The van der Waals surface area contributed by atoms with E-state index in [1.807, 2.05) is 27.7 Å². The van der Waals surface area contributed by atoms with E-state index in [0.29, 0.717) is 92.1 Å². The molecule has 774 valence electrons. The van der Waals surface area contributed by atoms with Crippen LogP contribution in [-0.2, 0) is 67.2 Å². The van der Waals surface area contributed by atoms with Gasteiger partial charge in [0.15, 0.2) is 69.0 Å². The number of fused-ring (bicyclic) bond motifs is 18. The SMILES string of the molecule is [2H]C([2H])([2H])Oc1cc2c(cc1OC)C1([2H])N(C([2H])([2H])C2([2H])[2H])C([2H])([2H])C([2H])(C([2H])([2H])C([2H])(C([2H])([2H])[2H])C([2H])([2H])C)C(=O)C1([2H])[2H].[2H]c1c2c(c([2H])c(OC)c1OC([2H])([2H])[2H])C1CC(=O)C(C([2H])([2H])C([2H])(C([2H])([2H])[2H])C([2H])([2H])C)CN1CC2.[2H]c1c2c(c([2H])c(OC)c1OC([2H])([2H])[2H])C1CC(=O)C(CC(C)C)C([2H])([2H])N1CC2.[2H]c1c2c(c([2H])c(OC)c1OC([2H])([2H])[2H])C1CC(=O)C(CC(C)C)CN1CC2.[2H]c1c2c(c([2H])c(OC)c1OC([2H])([2H])[2H])C1N(CC2)CC([2H])(C([2H])([2H])C([2H])(C([2H])([2H])[2H])C([2H])([2H])C)C(=O)C1([2H])[2H].[2H]c1c2c(c([2H])c(OC)c1OC([2H])([2H])[2H])C1N(CC2)CC([2H])(CC(C)C)C(=O)C1([2H])[2H]. The summed E-state index contributed by atoms with van der Waals surface area (Å²) in [6, 6.07) is -9.94. The minimum absolute atomic E-state index is 0.00233. The van der Waals surface area contributed by atoms with Crippen LogP contribution in [0, 0.1) is 70.9 Å². The van der Waals surface area contributed by atoms with Crippen LogP contribution >= 0.6 is 0 Å². The molecule has 0 radical (unpaired) electrons. The van der Waals surface area contributed by atoms with Crippen molar-refractivity contribution in [1.82, 2.24) is 29.4 Å². The topological polar surface area (TPSA) is 233 Å². The van der Waals surface area contributed by atoms with Crippen LogP contribution in [0.1, 0.15) is 378 Å². The highest BCUT2D eigenvalue weighted by Crippen LogP contribution is 2.51. The Balaban J connectivity index is 0.000000203. The first-order chi connectivity index (χ1) is 94.8. The van der Waals surface area contributed by atoms with Gasteiger partial charge in [0, 0.05) is 245 Å². The van der Waals surface area contributed by atoms with Gasteiger partial charge < -0.3 is 56.8 Å². The molecule has 6 aromatic rings. The van der Waals surface area contributed by atoms with Crippen LogP contribution in [0.3, 0.4) is 0 Å². The number of piperidine rings is 6. The fourth-order valence-electron chi connectivity index (χ4n) is 18.8. The molecule has 0 spiro atoms. The van der Waals surface area contributed by atoms with E-state index in [2.05, 4.69) is 18.7 Å². The van der Waals surface area contributed by atoms with Crippen molar-refractivity contribution in [1.29, 1.82) is 0 Å². The maximum absolute atomic E-state index is 14.1. The summed E-state index contributed by atoms with van der Waals surface area (Å²) in [5.41, 5.74) is 0.559. The Morgan fingerprint density at radius 1 is 0.340 bits per heavy atom. The van der Waals surface area contributed by atoms with Gasteiger partial charge in [0.05, 0.1) is 125 Å². The van der Waals surface area contributed by atoms with Gasteiger partial charge >= 0.3 is 0 Å².